The van der Waals surface area contributed by atoms with Gasteiger partial charge in [0.15, 0.2) is 0 Å². The Morgan fingerprint density at radius 1 is 0.879 bits per heavy atom. The number of hydrogen-bond donors (Lipinski definition) is 0. The van der Waals surface area contributed by atoms with Gasteiger partial charge in [0.25, 0.3) is 5.91 Å². The Kier molecular flexibility index (Phi) is 7.15. The van der Waals surface area contributed by atoms with Gasteiger partial charge in [0.2, 0.25) is 5.91 Å². The van der Waals surface area contributed by atoms with Gasteiger partial charge in [-0.25, -0.2) is 0 Å². The monoisotopic (exact) mass is 441 g/mol. The van der Waals surface area contributed by atoms with Crippen LogP contribution in [0.15, 0.2) is 79.0 Å². The molecule has 2 amide bonds. The number of methoxy groups -OCH3 is 1. The number of benzene rings is 2. The Labute approximate surface area is 194 Å². The Morgan fingerprint density at radius 2 is 1.55 bits per heavy atom. The fourth-order valence-electron chi connectivity index (χ4n) is 3.93. The Hall–Kier alpha value is -3.93. The van der Waals surface area contributed by atoms with Gasteiger partial charge < -0.3 is 14.5 Å². The molecule has 0 radical (unpaired) electrons. The van der Waals surface area contributed by atoms with Crippen molar-refractivity contribution in [2.45, 2.75) is 6.42 Å². The van der Waals surface area contributed by atoms with E-state index in [4.69, 9.17) is 4.74 Å². The summed E-state index contributed by atoms with van der Waals surface area (Å²) in [7, 11) is 1.62. The molecule has 0 saturated carbocycles. The van der Waals surface area contributed by atoms with Gasteiger partial charge in [0.05, 0.1) is 13.5 Å². The SMILES string of the molecule is COc1ccccc1C=C(C(=O)N1CCN(C(=O)Cc2ccccn2)CC1)c1ccccc1. The molecule has 1 aliphatic rings. The van der Waals surface area contributed by atoms with E-state index in [1.165, 1.54) is 0 Å². The molecule has 3 aromatic rings. The molecule has 0 unspecified atom stereocenters. The fourth-order valence-corrected chi connectivity index (χ4v) is 3.93. The number of ether oxygens (including phenoxy) is 1. The molecule has 168 valence electrons. The molecule has 33 heavy (non-hydrogen) atoms. The molecule has 4 rings (SSSR count). The van der Waals surface area contributed by atoms with Crippen molar-refractivity contribution in [3.63, 3.8) is 0 Å². The van der Waals surface area contributed by atoms with Gasteiger partial charge >= 0.3 is 0 Å². The molecule has 2 aromatic carbocycles. The molecule has 1 fully saturated rings. The van der Waals surface area contributed by atoms with Crippen LogP contribution in [0.5, 0.6) is 5.75 Å². The zero-order valence-electron chi connectivity index (χ0n) is 18.7. The molecule has 1 saturated heterocycles. The summed E-state index contributed by atoms with van der Waals surface area (Å²) in [6, 6.07) is 22.9. The normalized spacial score (nSPS) is 14.2. The van der Waals surface area contributed by atoms with Crippen LogP contribution >= 0.6 is 0 Å². The summed E-state index contributed by atoms with van der Waals surface area (Å²) >= 11 is 0. The first-order valence-corrected chi connectivity index (χ1v) is 11.0. The van der Waals surface area contributed by atoms with E-state index in [-0.39, 0.29) is 18.2 Å². The van der Waals surface area contributed by atoms with Crippen molar-refractivity contribution in [3.8, 4) is 5.75 Å². The Bertz CT molecular complexity index is 1120. The highest BCUT2D eigenvalue weighted by molar-refractivity contribution is 6.24. The summed E-state index contributed by atoms with van der Waals surface area (Å²) in [4.78, 5) is 34.1. The van der Waals surface area contributed by atoms with Crippen LogP contribution in [-0.4, -0.2) is 59.9 Å². The first-order chi connectivity index (χ1) is 16.2. The Balaban J connectivity index is 1.50. The molecule has 1 aliphatic heterocycles. The van der Waals surface area contributed by atoms with Crippen molar-refractivity contribution in [2.24, 2.45) is 0 Å². The highest BCUT2D eigenvalue weighted by Crippen LogP contribution is 2.26. The molecular formula is C27H27N3O3. The third kappa shape index (κ3) is 5.47. The second kappa shape index (κ2) is 10.6. The molecule has 0 spiro atoms. The van der Waals surface area contributed by atoms with E-state index in [0.29, 0.717) is 37.5 Å². The van der Waals surface area contributed by atoms with E-state index in [9.17, 15) is 9.59 Å². The van der Waals surface area contributed by atoms with Gasteiger partial charge in [-0.2, -0.15) is 0 Å². The predicted octanol–water partition coefficient (Wildman–Crippen LogP) is 3.54. The van der Waals surface area contributed by atoms with E-state index in [1.807, 2.05) is 88.7 Å². The summed E-state index contributed by atoms with van der Waals surface area (Å²) in [6.07, 6.45) is 3.85. The van der Waals surface area contributed by atoms with Crippen molar-refractivity contribution in [1.29, 1.82) is 0 Å². The quantitative estimate of drug-likeness (QED) is 0.434. The number of piperazine rings is 1. The molecule has 0 aliphatic carbocycles. The standard InChI is InChI=1S/C27H27N3O3/c1-33-25-13-6-5-11-22(25)19-24(21-9-3-2-4-10-21)27(32)30-17-15-29(16-18-30)26(31)20-23-12-7-8-14-28-23/h2-14,19H,15-18,20H2,1H3. The number of aromatic nitrogens is 1. The van der Waals surface area contributed by atoms with E-state index in [1.54, 1.807) is 13.3 Å². The van der Waals surface area contributed by atoms with Crippen molar-refractivity contribution in [2.75, 3.05) is 33.3 Å². The van der Waals surface area contributed by atoms with Crippen LogP contribution in [0.25, 0.3) is 11.6 Å². The number of amides is 2. The summed E-state index contributed by atoms with van der Waals surface area (Å²) < 4.78 is 5.48. The minimum absolute atomic E-state index is 0.0358. The van der Waals surface area contributed by atoms with Gasteiger partial charge in [-0.15, -0.1) is 0 Å². The zero-order valence-corrected chi connectivity index (χ0v) is 18.7. The van der Waals surface area contributed by atoms with Crippen LogP contribution in [0.4, 0.5) is 0 Å². The van der Waals surface area contributed by atoms with Crippen LogP contribution in [0, 0.1) is 0 Å². The maximum Gasteiger partial charge on any atom is 0.254 e. The number of pyridine rings is 1. The number of hydrogen-bond acceptors (Lipinski definition) is 4. The molecule has 0 atom stereocenters. The summed E-state index contributed by atoms with van der Waals surface area (Å²) in [6.45, 7) is 1.99. The lowest BCUT2D eigenvalue weighted by Gasteiger charge is -2.35. The number of rotatable bonds is 6. The molecule has 1 aromatic heterocycles. The second-order valence-electron chi connectivity index (χ2n) is 7.84. The lowest BCUT2D eigenvalue weighted by Crippen LogP contribution is -2.51. The second-order valence-corrected chi connectivity index (χ2v) is 7.84. The molecule has 2 heterocycles. The highest BCUT2D eigenvalue weighted by atomic mass is 16.5. The topological polar surface area (TPSA) is 62.7 Å². The molecule has 6 nitrogen and oxygen atoms in total. The average Bonchev–Trinajstić information content (AvgIpc) is 2.88. The predicted molar refractivity (Wildman–Crippen MR) is 128 cm³/mol. The number of carbonyl (C=O) groups excluding carboxylic acids is 2. The fraction of sp³-hybridized carbons (Fsp3) is 0.222. The lowest BCUT2D eigenvalue weighted by atomic mass is 10.0. The van der Waals surface area contributed by atoms with E-state index >= 15 is 0 Å². The van der Waals surface area contributed by atoms with Crippen LogP contribution in [0.2, 0.25) is 0 Å². The van der Waals surface area contributed by atoms with Gasteiger partial charge in [-0.05, 0) is 29.8 Å². The highest BCUT2D eigenvalue weighted by Gasteiger charge is 2.27. The van der Waals surface area contributed by atoms with E-state index in [2.05, 4.69) is 4.98 Å². The van der Waals surface area contributed by atoms with Crippen molar-refractivity contribution >= 4 is 23.5 Å². The zero-order chi connectivity index (χ0) is 23.0. The number of para-hydroxylation sites is 1. The largest absolute Gasteiger partial charge is 0.496 e. The minimum Gasteiger partial charge on any atom is -0.496 e. The summed E-state index contributed by atoms with van der Waals surface area (Å²) in [5, 5.41) is 0. The van der Waals surface area contributed by atoms with Gasteiger partial charge in [-0.1, -0.05) is 54.6 Å². The summed E-state index contributed by atoms with van der Waals surface area (Å²) in [5.74, 6) is 0.696. The van der Waals surface area contributed by atoms with Crippen molar-refractivity contribution < 1.29 is 14.3 Å². The molecule has 6 heteroatoms. The smallest absolute Gasteiger partial charge is 0.254 e. The Morgan fingerprint density at radius 3 is 2.24 bits per heavy atom. The first kappa shape index (κ1) is 22.3. The third-order valence-corrected chi connectivity index (χ3v) is 5.73. The molecular weight excluding hydrogens is 414 g/mol. The van der Waals surface area contributed by atoms with Crippen molar-refractivity contribution in [1.82, 2.24) is 14.8 Å². The molecule has 0 bridgehead atoms. The summed E-state index contributed by atoms with van der Waals surface area (Å²) in [5.41, 5.74) is 3.05. The van der Waals surface area contributed by atoms with E-state index in [0.717, 1.165) is 16.8 Å². The maximum absolute atomic E-state index is 13.6. The van der Waals surface area contributed by atoms with Crippen LogP contribution in [0.3, 0.4) is 0 Å². The number of nitrogens with zero attached hydrogens (tertiary/aromatic N) is 3. The third-order valence-electron chi connectivity index (χ3n) is 5.73. The first-order valence-electron chi connectivity index (χ1n) is 11.0. The number of carbonyl (C=O) groups is 2. The van der Waals surface area contributed by atoms with Crippen LogP contribution in [-0.2, 0) is 16.0 Å². The van der Waals surface area contributed by atoms with Gasteiger partial charge in [-0.3, -0.25) is 14.6 Å². The van der Waals surface area contributed by atoms with Crippen molar-refractivity contribution in [3.05, 3.63) is 95.8 Å². The molecule has 0 N–H and O–H groups in total. The van der Waals surface area contributed by atoms with Crippen LogP contribution in [0.1, 0.15) is 16.8 Å². The average molecular weight is 442 g/mol. The van der Waals surface area contributed by atoms with Gasteiger partial charge in [0, 0.05) is 49.2 Å². The van der Waals surface area contributed by atoms with Crippen LogP contribution < -0.4 is 4.74 Å². The van der Waals surface area contributed by atoms with E-state index < -0.39 is 0 Å². The maximum atomic E-state index is 13.6. The lowest BCUT2D eigenvalue weighted by molar-refractivity contribution is -0.136. The minimum atomic E-state index is -0.0519. The van der Waals surface area contributed by atoms with Gasteiger partial charge in [0.1, 0.15) is 5.75 Å².